The third kappa shape index (κ3) is 3.94. The Labute approximate surface area is 98.0 Å². The van der Waals surface area contributed by atoms with Gasteiger partial charge in [-0.1, -0.05) is 0 Å². The average molecular weight is 225 g/mol. The first-order valence-electron chi connectivity index (χ1n) is 5.94. The van der Waals surface area contributed by atoms with Gasteiger partial charge in [0.25, 0.3) is 0 Å². The fourth-order valence-electron chi connectivity index (χ4n) is 1.61. The molecule has 0 aliphatic rings. The van der Waals surface area contributed by atoms with E-state index < -0.39 is 0 Å². The van der Waals surface area contributed by atoms with Crippen molar-refractivity contribution in [3.63, 3.8) is 0 Å². The van der Waals surface area contributed by atoms with Crippen molar-refractivity contribution in [2.75, 3.05) is 19.8 Å². The van der Waals surface area contributed by atoms with Crippen molar-refractivity contribution in [2.24, 2.45) is 0 Å². The molecule has 92 valence electrons. The second-order valence-corrected chi connectivity index (χ2v) is 4.12. The number of aromatic nitrogens is 2. The van der Waals surface area contributed by atoms with Crippen LogP contribution >= 0.6 is 0 Å². The molecule has 0 spiro atoms. The predicted octanol–water partition coefficient (Wildman–Crippen LogP) is 1.51. The van der Waals surface area contributed by atoms with Crippen LogP contribution in [0.4, 0.5) is 0 Å². The molecule has 1 heterocycles. The fraction of sp³-hybridized carbons (Fsp3) is 0.750. The van der Waals surface area contributed by atoms with Crippen molar-refractivity contribution in [2.45, 2.75) is 40.3 Å². The molecule has 0 aliphatic carbocycles. The molecule has 0 saturated carbocycles. The number of nitrogens with one attached hydrogen (secondary N) is 1. The second kappa shape index (κ2) is 6.66. The number of ether oxygens (including phenoxy) is 1. The molecule has 0 radical (unpaired) electrons. The van der Waals surface area contributed by atoms with E-state index in [4.69, 9.17) is 4.74 Å². The summed E-state index contributed by atoms with van der Waals surface area (Å²) >= 11 is 0. The maximum absolute atomic E-state index is 5.28. The number of hydrogen-bond donors (Lipinski definition) is 1. The normalized spacial score (nSPS) is 13.0. The molecule has 1 aromatic rings. The van der Waals surface area contributed by atoms with Crippen molar-refractivity contribution in [1.29, 1.82) is 0 Å². The standard InChI is InChI=1S/C12H23N3O/c1-5-16-7-6-13-10(2)8-15-9-14-11(3)12(15)4/h9-10,13H,5-8H2,1-4H3. The van der Waals surface area contributed by atoms with E-state index >= 15 is 0 Å². The molecule has 1 rings (SSSR count). The number of nitrogens with zero attached hydrogens (tertiary/aromatic N) is 2. The second-order valence-electron chi connectivity index (χ2n) is 4.12. The summed E-state index contributed by atoms with van der Waals surface area (Å²) < 4.78 is 7.47. The van der Waals surface area contributed by atoms with Crippen LogP contribution in [-0.2, 0) is 11.3 Å². The summed E-state index contributed by atoms with van der Waals surface area (Å²) in [5.74, 6) is 0. The molecule has 4 nitrogen and oxygen atoms in total. The first-order chi connectivity index (χ1) is 7.65. The van der Waals surface area contributed by atoms with Gasteiger partial charge in [-0.15, -0.1) is 0 Å². The Morgan fingerprint density at radius 1 is 1.50 bits per heavy atom. The molecular formula is C12H23N3O. The summed E-state index contributed by atoms with van der Waals surface area (Å²) in [4.78, 5) is 4.29. The lowest BCUT2D eigenvalue weighted by atomic mass is 10.3. The smallest absolute Gasteiger partial charge is 0.0951 e. The van der Waals surface area contributed by atoms with Crippen LogP contribution in [0, 0.1) is 13.8 Å². The largest absolute Gasteiger partial charge is 0.380 e. The summed E-state index contributed by atoms with van der Waals surface area (Å²) in [5, 5.41) is 3.43. The molecule has 0 amide bonds. The molecule has 0 bridgehead atoms. The Bertz CT molecular complexity index is 309. The summed E-state index contributed by atoms with van der Waals surface area (Å²) in [6, 6.07) is 0.438. The molecule has 16 heavy (non-hydrogen) atoms. The van der Waals surface area contributed by atoms with Crippen LogP contribution in [0.1, 0.15) is 25.2 Å². The first-order valence-corrected chi connectivity index (χ1v) is 5.94. The van der Waals surface area contributed by atoms with Crippen LogP contribution in [0.5, 0.6) is 0 Å². The first kappa shape index (κ1) is 13.2. The van der Waals surface area contributed by atoms with Crippen LogP contribution in [0.3, 0.4) is 0 Å². The fourth-order valence-corrected chi connectivity index (χ4v) is 1.61. The van der Waals surface area contributed by atoms with E-state index in [0.29, 0.717) is 6.04 Å². The van der Waals surface area contributed by atoms with E-state index in [0.717, 1.165) is 32.0 Å². The van der Waals surface area contributed by atoms with Crippen molar-refractivity contribution in [3.05, 3.63) is 17.7 Å². The van der Waals surface area contributed by atoms with Gasteiger partial charge in [-0.05, 0) is 27.7 Å². The number of rotatable bonds is 7. The lowest BCUT2D eigenvalue weighted by Crippen LogP contribution is -2.33. The van der Waals surface area contributed by atoms with Gasteiger partial charge in [0, 0.05) is 31.4 Å². The highest BCUT2D eigenvalue weighted by Crippen LogP contribution is 2.04. The molecule has 4 heteroatoms. The van der Waals surface area contributed by atoms with Crippen molar-refractivity contribution in [1.82, 2.24) is 14.9 Å². The monoisotopic (exact) mass is 225 g/mol. The quantitative estimate of drug-likeness (QED) is 0.715. The van der Waals surface area contributed by atoms with E-state index in [-0.39, 0.29) is 0 Å². The van der Waals surface area contributed by atoms with Crippen LogP contribution in [0.15, 0.2) is 6.33 Å². The summed E-state index contributed by atoms with van der Waals surface area (Å²) in [5.41, 5.74) is 2.36. The zero-order valence-electron chi connectivity index (χ0n) is 10.8. The average Bonchev–Trinajstić information content (AvgIpc) is 2.56. The molecule has 1 N–H and O–H groups in total. The van der Waals surface area contributed by atoms with E-state index in [1.807, 2.05) is 20.2 Å². The third-order valence-electron chi connectivity index (χ3n) is 2.76. The van der Waals surface area contributed by atoms with Crippen molar-refractivity contribution >= 4 is 0 Å². The molecule has 0 saturated heterocycles. The highest BCUT2D eigenvalue weighted by molar-refractivity contribution is 5.08. The Hall–Kier alpha value is -0.870. The molecule has 0 fully saturated rings. The minimum Gasteiger partial charge on any atom is -0.380 e. The lowest BCUT2D eigenvalue weighted by molar-refractivity contribution is 0.146. The van der Waals surface area contributed by atoms with E-state index in [1.54, 1.807) is 0 Å². The minimum absolute atomic E-state index is 0.438. The van der Waals surface area contributed by atoms with Gasteiger partial charge in [0.15, 0.2) is 0 Å². The van der Waals surface area contributed by atoms with Crippen LogP contribution in [0.25, 0.3) is 0 Å². The van der Waals surface area contributed by atoms with Gasteiger partial charge in [-0.25, -0.2) is 4.98 Å². The minimum atomic E-state index is 0.438. The SMILES string of the molecule is CCOCCNC(C)Cn1cnc(C)c1C. The van der Waals surface area contributed by atoms with E-state index in [1.165, 1.54) is 5.69 Å². The maximum Gasteiger partial charge on any atom is 0.0951 e. The van der Waals surface area contributed by atoms with Crippen LogP contribution in [0.2, 0.25) is 0 Å². The molecule has 1 aromatic heterocycles. The third-order valence-corrected chi connectivity index (χ3v) is 2.76. The highest BCUT2D eigenvalue weighted by atomic mass is 16.5. The van der Waals surface area contributed by atoms with Crippen LogP contribution < -0.4 is 5.32 Å². The molecule has 1 unspecified atom stereocenters. The molecular weight excluding hydrogens is 202 g/mol. The Balaban J connectivity index is 2.28. The number of aryl methyl sites for hydroxylation is 1. The molecule has 0 aliphatic heterocycles. The van der Waals surface area contributed by atoms with E-state index in [2.05, 4.69) is 28.7 Å². The number of imidazole rings is 1. The van der Waals surface area contributed by atoms with Crippen LogP contribution in [-0.4, -0.2) is 35.4 Å². The Morgan fingerprint density at radius 2 is 2.25 bits per heavy atom. The van der Waals surface area contributed by atoms with Gasteiger partial charge in [-0.3, -0.25) is 0 Å². The maximum atomic E-state index is 5.28. The molecule has 0 aromatic carbocycles. The zero-order chi connectivity index (χ0) is 12.0. The summed E-state index contributed by atoms with van der Waals surface area (Å²) in [6.45, 7) is 11.8. The zero-order valence-corrected chi connectivity index (χ0v) is 10.8. The van der Waals surface area contributed by atoms with Gasteiger partial charge in [0.1, 0.15) is 0 Å². The van der Waals surface area contributed by atoms with Crippen molar-refractivity contribution < 1.29 is 4.74 Å². The lowest BCUT2D eigenvalue weighted by Gasteiger charge is -2.15. The van der Waals surface area contributed by atoms with Gasteiger partial charge < -0.3 is 14.6 Å². The van der Waals surface area contributed by atoms with Gasteiger partial charge >= 0.3 is 0 Å². The van der Waals surface area contributed by atoms with E-state index in [9.17, 15) is 0 Å². The van der Waals surface area contributed by atoms with Gasteiger partial charge in [-0.2, -0.15) is 0 Å². The van der Waals surface area contributed by atoms with Crippen molar-refractivity contribution in [3.8, 4) is 0 Å². The Kier molecular flexibility index (Phi) is 5.49. The topological polar surface area (TPSA) is 39.1 Å². The predicted molar refractivity (Wildman–Crippen MR) is 65.7 cm³/mol. The highest BCUT2D eigenvalue weighted by Gasteiger charge is 2.06. The summed E-state index contributed by atoms with van der Waals surface area (Å²) in [6.07, 6.45) is 1.91. The molecule has 1 atom stereocenters. The van der Waals surface area contributed by atoms with Gasteiger partial charge in [0.2, 0.25) is 0 Å². The van der Waals surface area contributed by atoms with Gasteiger partial charge in [0.05, 0.1) is 18.6 Å². The summed E-state index contributed by atoms with van der Waals surface area (Å²) in [7, 11) is 0. The number of hydrogen-bond acceptors (Lipinski definition) is 3. The Morgan fingerprint density at radius 3 is 2.81 bits per heavy atom.